The SMILES string of the molecule is CC(C)Oc1c(Cl)ccc2c(N[C@H]3CN4CCC3CC4)noc12. The van der Waals surface area contributed by atoms with Gasteiger partial charge in [0.2, 0.25) is 5.58 Å². The molecule has 0 amide bonds. The third-order valence-corrected chi connectivity index (χ3v) is 5.18. The molecule has 124 valence electrons. The molecule has 3 aliphatic rings. The van der Waals surface area contributed by atoms with Gasteiger partial charge >= 0.3 is 0 Å². The van der Waals surface area contributed by atoms with Gasteiger partial charge in [-0.2, -0.15) is 0 Å². The molecular formula is C17H22ClN3O2. The molecule has 0 unspecified atom stereocenters. The van der Waals surface area contributed by atoms with Gasteiger partial charge in [0.15, 0.2) is 11.6 Å². The van der Waals surface area contributed by atoms with Crippen molar-refractivity contribution in [3.05, 3.63) is 17.2 Å². The maximum absolute atomic E-state index is 6.26. The van der Waals surface area contributed by atoms with E-state index in [1.54, 1.807) is 0 Å². The predicted octanol–water partition coefficient (Wildman–Crippen LogP) is 3.77. The highest BCUT2D eigenvalue weighted by atomic mass is 35.5. The summed E-state index contributed by atoms with van der Waals surface area (Å²) < 4.78 is 11.4. The molecule has 1 aromatic carbocycles. The number of nitrogens with zero attached hydrogens (tertiary/aromatic N) is 2. The molecule has 1 aromatic heterocycles. The van der Waals surface area contributed by atoms with Gasteiger partial charge in [0.25, 0.3) is 0 Å². The van der Waals surface area contributed by atoms with E-state index in [1.165, 1.54) is 25.9 Å². The molecule has 2 aromatic rings. The van der Waals surface area contributed by atoms with Gasteiger partial charge in [0.05, 0.1) is 16.5 Å². The Labute approximate surface area is 140 Å². The number of piperidine rings is 3. The van der Waals surface area contributed by atoms with Crippen LogP contribution >= 0.6 is 11.6 Å². The van der Waals surface area contributed by atoms with Crippen LogP contribution in [0.25, 0.3) is 11.0 Å². The van der Waals surface area contributed by atoms with E-state index >= 15 is 0 Å². The maximum atomic E-state index is 6.26. The molecule has 0 aliphatic carbocycles. The summed E-state index contributed by atoms with van der Waals surface area (Å²) in [5, 5.41) is 9.31. The Morgan fingerprint density at radius 3 is 2.78 bits per heavy atom. The highest BCUT2D eigenvalue weighted by Crippen LogP contribution is 2.38. The van der Waals surface area contributed by atoms with Crippen molar-refractivity contribution in [2.24, 2.45) is 5.92 Å². The van der Waals surface area contributed by atoms with Gasteiger partial charge < -0.3 is 19.5 Å². The molecular weight excluding hydrogens is 314 g/mol. The molecule has 3 aliphatic heterocycles. The number of rotatable bonds is 4. The molecule has 5 nitrogen and oxygen atoms in total. The lowest BCUT2D eigenvalue weighted by Crippen LogP contribution is -2.53. The minimum Gasteiger partial charge on any atom is -0.485 e. The second-order valence-corrected chi connectivity index (χ2v) is 7.25. The van der Waals surface area contributed by atoms with Crippen LogP contribution in [-0.2, 0) is 0 Å². The minimum atomic E-state index is 0.0292. The Morgan fingerprint density at radius 1 is 1.35 bits per heavy atom. The summed E-state index contributed by atoms with van der Waals surface area (Å²) in [7, 11) is 0. The van der Waals surface area contributed by atoms with Crippen LogP contribution in [0.15, 0.2) is 16.7 Å². The van der Waals surface area contributed by atoms with E-state index in [1.807, 2.05) is 26.0 Å². The van der Waals surface area contributed by atoms with Gasteiger partial charge in [-0.1, -0.05) is 16.8 Å². The van der Waals surface area contributed by atoms with Gasteiger partial charge in [-0.3, -0.25) is 0 Å². The van der Waals surface area contributed by atoms with Crippen LogP contribution in [0, 0.1) is 5.92 Å². The molecule has 23 heavy (non-hydrogen) atoms. The highest BCUT2D eigenvalue weighted by Gasteiger charge is 2.34. The van der Waals surface area contributed by atoms with Crippen molar-refractivity contribution in [1.29, 1.82) is 0 Å². The molecule has 4 heterocycles. The fourth-order valence-electron chi connectivity index (χ4n) is 3.71. The van der Waals surface area contributed by atoms with Gasteiger partial charge in [0, 0.05) is 12.6 Å². The van der Waals surface area contributed by atoms with E-state index < -0.39 is 0 Å². The standard InChI is InChI=1S/C17H22ClN3O2/c1-10(2)22-16-13(18)4-3-12-15(16)23-20-17(12)19-14-9-21-7-5-11(14)6-8-21/h3-4,10-11,14H,5-9H2,1-2H3,(H,19,20)/t14-/m0/s1. The van der Waals surface area contributed by atoms with E-state index in [0.29, 0.717) is 22.4 Å². The third kappa shape index (κ3) is 2.76. The van der Waals surface area contributed by atoms with Crippen molar-refractivity contribution in [2.45, 2.75) is 38.8 Å². The maximum Gasteiger partial charge on any atom is 0.212 e. The van der Waals surface area contributed by atoms with Crippen molar-refractivity contribution in [3.8, 4) is 5.75 Å². The van der Waals surface area contributed by atoms with Crippen molar-refractivity contribution < 1.29 is 9.26 Å². The monoisotopic (exact) mass is 335 g/mol. The Hall–Kier alpha value is -1.46. The lowest BCUT2D eigenvalue weighted by atomic mass is 9.84. The summed E-state index contributed by atoms with van der Waals surface area (Å²) in [6.07, 6.45) is 2.56. The van der Waals surface area contributed by atoms with Gasteiger partial charge in [-0.05, 0) is 57.8 Å². The minimum absolute atomic E-state index is 0.0292. The molecule has 6 heteroatoms. The van der Waals surface area contributed by atoms with E-state index in [0.717, 1.165) is 23.7 Å². The fraction of sp³-hybridized carbons (Fsp3) is 0.588. The summed E-state index contributed by atoms with van der Waals surface area (Å²) in [5.74, 6) is 2.10. The first-order valence-corrected chi connectivity index (χ1v) is 8.73. The molecule has 1 atom stereocenters. The second kappa shape index (κ2) is 5.87. The number of hydrogen-bond donors (Lipinski definition) is 1. The number of anilines is 1. The lowest BCUT2D eigenvalue weighted by Gasteiger charge is -2.44. The highest BCUT2D eigenvalue weighted by molar-refractivity contribution is 6.33. The Balaban J connectivity index is 1.63. The first-order chi connectivity index (χ1) is 11.1. The molecule has 5 rings (SSSR count). The quantitative estimate of drug-likeness (QED) is 0.921. The van der Waals surface area contributed by atoms with Crippen LogP contribution in [0.1, 0.15) is 26.7 Å². The zero-order valence-electron chi connectivity index (χ0n) is 13.5. The zero-order valence-corrected chi connectivity index (χ0v) is 14.3. The van der Waals surface area contributed by atoms with Crippen LogP contribution in [0.2, 0.25) is 5.02 Å². The summed E-state index contributed by atoms with van der Waals surface area (Å²) in [6.45, 7) is 7.48. The fourth-order valence-corrected chi connectivity index (χ4v) is 3.90. The first-order valence-electron chi connectivity index (χ1n) is 8.35. The van der Waals surface area contributed by atoms with Crippen molar-refractivity contribution in [3.63, 3.8) is 0 Å². The third-order valence-electron chi connectivity index (χ3n) is 4.88. The van der Waals surface area contributed by atoms with Crippen LogP contribution in [-0.4, -0.2) is 41.8 Å². The average Bonchev–Trinajstić information content (AvgIpc) is 2.94. The number of nitrogens with one attached hydrogen (secondary N) is 1. The second-order valence-electron chi connectivity index (χ2n) is 6.84. The van der Waals surface area contributed by atoms with Crippen LogP contribution in [0.5, 0.6) is 5.75 Å². The number of hydrogen-bond acceptors (Lipinski definition) is 5. The summed E-state index contributed by atoms with van der Waals surface area (Å²) in [4.78, 5) is 2.52. The summed E-state index contributed by atoms with van der Waals surface area (Å²) >= 11 is 6.26. The normalized spacial score (nSPS) is 26.9. The molecule has 0 saturated carbocycles. The molecule has 2 bridgehead atoms. The smallest absolute Gasteiger partial charge is 0.212 e. The number of ether oxygens (including phenoxy) is 1. The van der Waals surface area contributed by atoms with Crippen LogP contribution in [0.4, 0.5) is 5.82 Å². The van der Waals surface area contributed by atoms with Crippen LogP contribution < -0.4 is 10.1 Å². The van der Waals surface area contributed by atoms with Gasteiger partial charge in [-0.25, -0.2) is 0 Å². The predicted molar refractivity (Wildman–Crippen MR) is 91.4 cm³/mol. The zero-order chi connectivity index (χ0) is 16.0. The van der Waals surface area contributed by atoms with Crippen molar-refractivity contribution in [1.82, 2.24) is 10.1 Å². The lowest BCUT2D eigenvalue weighted by molar-refractivity contribution is 0.0973. The van der Waals surface area contributed by atoms with Crippen LogP contribution in [0.3, 0.4) is 0 Å². The summed E-state index contributed by atoms with van der Waals surface area (Å²) in [6, 6.07) is 4.24. The molecule has 3 fully saturated rings. The van der Waals surface area contributed by atoms with E-state index in [9.17, 15) is 0 Å². The average molecular weight is 336 g/mol. The van der Waals surface area contributed by atoms with Gasteiger partial charge in [0.1, 0.15) is 0 Å². The van der Waals surface area contributed by atoms with E-state index in [-0.39, 0.29) is 6.10 Å². The number of fused-ring (bicyclic) bond motifs is 4. The topological polar surface area (TPSA) is 50.5 Å². The number of benzene rings is 1. The van der Waals surface area contributed by atoms with E-state index in [4.69, 9.17) is 20.9 Å². The molecule has 0 spiro atoms. The van der Waals surface area contributed by atoms with Crippen molar-refractivity contribution in [2.75, 3.05) is 25.0 Å². The Morgan fingerprint density at radius 2 is 2.13 bits per heavy atom. The molecule has 0 radical (unpaired) electrons. The number of halogens is 1. The van der Waals surface area contributed by atoms with Gasteiger partial charge in [-0.15, -0.1) is 0 Å². The largest absolute Gasteiger partial charge is 0.485 e. The Bertz CT molecular complexity index is 707. The number of aromatic nitrogens is 1. The van der Waals surface area contributed by atoms with E-state index in [2.05, 4.69) is 15.4 Å². The summed E-state index contributed by atoms with van der Waals surface area (Å²) in [5.41, 5.74) is 0.620. The Kier molecular flexibility index (Phi) is 3.85. The van der Waals surface area contributed by atoms with Crippen molar-refractivity contribution >= 4 is 28.4 Å². The molecule has 3 saturated heterocycles. The first kappa shape index (κ1) is 15.1. The molecule has 1 N–H and O–H groups in total.